The number of aromatic nitrogens is 1. The molecule has 1 heterocycles. The second kappa shape index (κ2) is 10.0. The van der Waals surface area contributed by atoms with Gasteiger partial charge in [-0.05, 0) is 38.5 Å². The van der Waals surface area contributed by atoms with Gasteiger partial charge in [0.25, 0.3) is 5.56 Å². The number of carboxylic acids is 1. The summed E-state index contributed by atoms with van der Waals surface area (Å²) in [6.07, 6.45) is 1.41. The Hall–Kier alpha value is -3.20. The lowest BCUT2D eigenvalue weighted by atomic mass is 10.1. The molecule has 162 valence electrons. The lowest BCUT2D eigenvalue weighted by Gasteiger charge is -2.18. The number of pyridine rings is 1. The zero-order valence-electron chi connectivity index (χ0n) is 17.4. The Balaban J connectivity index is 2.21. The molecule has 9 heteroatoms. The van der Waals surface area contributed by atoms with Crippen LogP contribution < -0.4 is 10.9 Å². The highest BCUT2D eigenvalue weighted by Gasteiger charge is 2.20. The third-order valence-electron chi connectivity index (χ3n) is 4.03. The van der Waals surface area contributed by atoms with E-state index in [1.165, 1.54) is 37.5 Å². The minimum absolute atomic E-state index is 0.0250. The van der Waals surface area contributed by atoms with Crippen molar-refractivity contribution in [3.63, 3.8) is 0 Å². The van der Waals surface area contributed by atoms with Crippen molar-refractivity contribution in [1.82, 2.24) is 4.57 Å². The summed E-state index contributed by atoms with van der Waals surface area (Å²) in [4.78, 5) is 29.3. The van der Waals surface area contributed by atoms with Gasteiger partial charge in [-0.25, -0.2) is 9.18 Å². The van der Waals surface area contributed by atoms with Crippen LogP contribution in [-0.2, 0) is 23.0 Å². The molecule has 30 heavy (non-hydrogen) atoms. The van der Waals surface area contributed by atoms with Gasteiger partial charge in [0.05, 0.1) is 17.9 Å². The van der Waals surface area contributed by atoms with Crippen LogP contribution in [0.5, 0.6) is 0 Å². The van der Waals surface area contributed by atoms with Gasteiger partial charge < -0.3 is 20.0 Å². The number of carboxylic acid groups (broad SMARTS) is 1. The largest absolute Gasteiger partial charge is 0.478 e. The van der Waals surface area contributed by atoms with Crippen molar-refractivity contribution in [3.05, 3.63) is 57.6 Å². The summed E-state index contributed by atoms with van der Waals surface area (Å²) < 4.78 is 20.6. The number of rotatable bonds is 9. The molecule has 0 unspecified atom stereocenters. The number of benzene rings is 1. The molecule has 0 saturated carbocycles. The number of para-hydroxylation sites is 1. The van der Waals surface area contributed by atoms with E-state index in [1.54, 1.807) is 6.07 Å². The summed E-state index contributed by atoms with van der Waals surface area (Å²) in [5.74, 6) is -1.85. The fourth-order valence-electron chi connectivity index (χ4n) is 2.61. The van der Waals surface area contributed by atoms with E-state index in [9.17, 15) is 19.1 Å². The van der Waals surface area contributed by atoms with E-state index in [1.807, 2.05) is 20.8 Å². The Bertz CT molecular complexity index is 980. The summed E-state index contributed by atoms with van der Waals surface area (Å²) in [7, 11) is 1.41. The summed E-state index contributed by atoms with van der Waals surface area (Å²) in [5, 5.41) is 16.2. The molecular formula is C21H26FN3O5. The molecule has 2 N–H and O–H groups in total. The first-order valence-corrected chi connectivity index (χ1v) is 9.35. The molecule has 0 radical (unpaired) electrons. The second-order valence-electron chi connectivity index (χ2n) is 7.49. The van der Waals surface area contributed by atoms with Crippen LogP contribution in [0.15, 0.2) is 40.3 Å². The molecule has 0 fully saturated rings. The van der Waals surface area contributed by atoms with E-state index in [-0.39, 0.29) is 41.3 Å². The van der Waals surface area contributed by atoms with E-state index >= 15 is 0 Å². The van der Waals surface area contributed by atoms with Crippen LogP contribution in [0.25, 0.3) is 0 Å². The summed E-state index contributed by atoms with van der Waals surface area (Å²) in [5.41, 5.74) is -0.592. The molecule has 0 aliphatic rings. The summed E-state index contributed by atoms with van der Waals surface area (Å²) >= 11 is 0. The van der Waals surface area contributed by atoms with E-state index in [0.29, 0.717) is 6.61 Å². The molecule has 0 spiro atoms. The van der Waals surface area contributed by atoms with Crippen LogP contribution in [0.3, 0.4) is 0 Å². The molecule has 1 aromatic heterocycles. The number of oxime groups is 1. The highest BCUT2D eigenvalue weighted by molar-refractivity contribution is 5.96. The number of halogens is 1. The molecular weight excluding hydrogens is 393 g/mol. The van der Waals surface area contributed by atoms with Crippen molar-refractivity contribution >= 4 is 23.7 Å². The number of nitrogens with one attached hydrogen (secondary N) is 1. The van der Waals surface area contributed by atoms with Crippen molar-refractivity contribution in [2.45, 2.75) is 32.8 Å². The van der Waals surface area contributed by atoms with Gasteiger partial charge in [0, 0.05) is 25.7 Å². The van der Waals surface area contributed by atoms with Gasteiger partial charge in [0.1, 0.15) is 23.8 Å². The molecule has 2 aromatic rings. The first kappa shape index (κ1) is 23.1. The van der Waals surface area contributed by atoms with Gasteiger partial charge >= 0.3 is 5.97 Å². The van der Waals surface area contributed by atoms with Crippen LogP contribution in [0.4, 0.5) is 15.9 Å². The van der Waals surface area contributed by atoms with Crippen LogP contribution in [0, 0.1) is 5.82 Å². The molecule has 0 aliphatic heterocycles. The average molecular weight is 419 g/mol. The van der Waals surface area contributed by atoms with Crippen molar-refractivity contribution in [1.29, 1.82) is 0 Å². The Labute approximate surface area is 173 Å². The van der Waals surface area contributed by atoms with Gasteiger partial charge in [-0.1, -0.05) is 17.3 Å². The minimum atomic E-state index is -1.26. The fraction of sp³-hybridized carbons (Fsp3) is 0.381. The topological polar surface area (TPSA) is 102 Å². The van der Waals surface area contributed by atoms with Gasteiger partial charge in [0.2, 0.25) is 0 Å². The van der Waals surface area contributed by atoms with Gasteiger partial charge in [-0.2, -0.15) is 0 Å². The Morgan fingerprint density at radius 3 is 2.63 bits per heavy atom. The summed E-state index contributed by atoms with van der Waals surface area (Å²) in [6, 6.07) is 7.01. The van der Waals surface area contributed by atoms with E-state index in [4.69, 9.17) is 9.57 Å². The van der Waals surface area contributed by atoms with Crippen LogP contribution in [0.1, 0.15) is 36.7 Å². The number of ether oxygens (including phenoxy) is 1. The maximum Gasteiger partial charge on any atom is 0.339 e. The highest BCUT2D eigenvalue weighted by Crippen LogP contribution is 2.24. The Kier molecular flexibility index (Phi) is 7.71. The Morgan fingerprint density at radius 2 is 2.00 bits per heavy atom. The standard InChI is InChI=1S/C21H26FN3O5/c1-21(2,3)29-11-12-30-23-10-9-14-13-17(26)25(4)19(18(14)20(27)28)24-16-8-6-5-7-15(16)22/h5-8,10,13,24H,9,11-12H2,1-4H3,(H,27,28). The fourth-order valence-corrected chi connectivity index (χ4v) is 2.61. The number of carbonyl (C=O) groups is 1. The number of aromatic carboxylic acids is 1. The van der Waals surface area contributed by atoms with E-state index in [2.05, 4.69) is 10.5 Å². The van der Waals surface area contributed by atoms with Crippen LogP contribution >= 0.6 is 0 Å². The minimum Gasteiger partial charge on any atom is -0.478 e. The second-order valence-corrected chi connectivity index (χ2v) is 7.49. The predicted molar refractivity (Wildman–Crippen MR) is 112 cm³/mol. The van der Waals surface area contributed by atoms with Crippen LogP contribution in [0.2, 0.25) is 0 Å². The average Bonchev–Trinajstić information content (AvgIpc) is 2.65. The molecule has 2 rings (SSSR count). The van der Waals surface area contributed by atoms with Crippen molar-refractivity contribution in [2.75, 3.05) is 18.5 Å². The Morgan fingerprint density at radius 1 is 1.30 bits per heavy atom. The van der Waals surface area contributed by atoms with E-state index < -0.39 is 17.3 Å². The third kappa shape index (κ3) is 6.41. The van der Waals surface area contributed by atoms with Gasteiger partial charge in [0.15, 0.2) is 0 Å². The van der Waals surface area contributed by atoms with Crippen LogP contribution in [-0.4, -0.2) is 40.7 Å². The lowest BCUT2D eigenvalue weighted by molar-refractivity contribution is -0.0339. The van der Waals surface area contributed by atoms with Gasteiger partial charge in [-0.15, -0.1) is 0 Å². The maximum atomic E-state index is 14.0. The number of anilines is 2. The van der Waals surface area contributed by atoms with Gasteiger partial charge in [-0.3, -0.25) is 9.36 Å². The lowest BCUT2D eigenvalue weighted by Crippen LogP contribution is -2.24. The number of hydrogen-bond acceptors (Lipinski definition) is 6. The quantitative estimate of drug-likeness (QED) is 0.367. The van der Waals surface area contributed by atoms with Crippen molar-refractivity contribution in [2.24, 2.45) is 12.2 Å². The summed E-state index contributed by atoms with van der Waals surface area (Å²) in [6.45, 7) is 6.35. The first-order chi connectivity index (χ1) is 14.1. The van der Waals surface area contributed by atoms with E-state index in [0.717, 1.165) is 4.57 Å². The SMILES string of the molecule is Cn1c(Nc2ccccc2F)c(C(=O)O)c(CC=NOCCOC(C)(C)C)cc1=O. The highest BCUT2D eigenvalue weighted by atomic mass is 19.1. The normalized spacial score (nSPS) is 11.6. The maximum absolute atomic E-state index is 14.0. The smallest absolute Gasteiger partial charge is 0.339 e. The van der Waals surface area contributed by atoms with Crippen molar-refractivity contribution < 1.29 is 23.9 Å². The molecule has 0 aliphatic carbocycles. The molecule has 8 nitrogen and oxygen atoms in total. The predicted octanol–water partition coefficient (Wildman–Crippen LogP) is 3.33. The zero-order chi connectivity index (χ0) is 22.3. The first-order valence-electron chi connectivity index (χ1n) is 9.35. The molecule has 0 bridgehead atoms. The number of nitrogens with zero attached hydrogens (tertiary/aromatic N) is 2. The molecule has 0 atom stereocenters. The molecule has 0 saturated heterocycles. The zero-order valence-corrected chi connectivity index (χ0v) is 17.4. The molecule has 1 aromatic carbocycles. The molecule has 0 amide bonds. The monoisotopic (exact) mass is 419 g/mol. The number of hydrogen-bond donors (Lipinski definition) is 2. The van der Waals surface area contributed by atoms with Crippen molar-refractivity contribution in [3.8, 4) is 0 Å². The third-order valence-corrected chi connectivity index (χ3v) is 4.03.